The highest BCUT2D eigenvalue weighted by molar-refractivity contribution is 6.05. The van der Waals surface area contributed by atoms with Crippen molar-refractivity contribution < 1.29 is 4.79 Å². The van der Waals surface area contributed by atoms with E-state index in [1.54, 1.807) is 24.7 Å². The van der Waals surface area contributed by atoms with E-state index in [1.165, 1.54) is 11.1 Å². The van der Waals surface area contributed by atoms with Gasteiger partial charge in [-0.2, -0.15) is 0 Å². The first-order valence-corrected chi connectivity index (χ1v) is 9.55. The molecule has 3 aromatic rings. The van der Waals surface area contributed by atoms with Gasteiger partial charge in [-0.1, -0.05) is 18.2 Å². The average Bonchev–Trinajstić information content (AvgIpc) is 2.77. The Morgan fingerprint density at radius 3 is 2.79 bits per heavy atom. The van der Waals surface area contributed by atoms with E-state index in [-0.39, 0.29) is 5.91 Å². The monoisotopic (exact) mass is 373 g/mol. The van der Waals surface area contributed by atoms with Gasteiger partial charge in [-0.05, 0) is 54.7 Å². The first kappa shape index (κ1) is 18.1. The Morgan fingerprint density at radius 1 is 1.11 bits per heavy atom. The Morgan fingerprint density at radius 2 is 1.93 bits per heavy atom. The van der Waals surface area contributed by atoms with Crippen molar-refractivity contribution in [3.63, 3.8) is 0 Å². The van der Waals surface area contributed by atoms with E-state index in [1.807, 2.05) is 47.2 Å². The number of fused-ring (bicyclic) bond motifs is 1. The van der Waals surface area contributed by atoms with Gasteiger partial charge in [0.2, 0.25) is 5.95 Å². The lowest BCUT2D eigenvalue weighted by Crippen LogP contribution is -2.36. The van der Waals surface area contributed by atoms with Crippen LogP contribution in [-0.2, 0) is 12.8 Å². The molecule has 1 aliphatic heterocycles. The minimum Gasteiger partial charge on any atom is -0.344 e. The summed E-state index contributed by atoms with van der Waals surface area (Å²) in [6, 6.07) is 13.8. The molecule has 6 nitrogen and oxygen atoms in total. The van der Waals surface area contributed by atoms with Gasteiger partial charge in [0.05, 0.1) is 0 Å². The Hall–Kier alpha value is -3.28. The Bertz CT molecular complexity index is 960. The van der Waals surface area contributed by atoms with E-state index in [0.717, 1.165) is 31.5 Å². The molecular weight excluding hydrogens is 350 g/mol. The highest BCUT2D eigenvalue weighted by atomic mass is 16.2. The quantitative estimate of drug-likeness (QED) is 0.688. The Balaban J connectivity index is 1.50. The maximum absolute atomic E-state index is 13.1. The van der Waals surface area contributed by atoms with E-state index < -0.39 is 0 Å². The van der Waals surface area contributed by atoms with Gasteiger partial charge in [-0.25, -0.2) is 9.97 Å². The second kappa shape index (κ2) is 8.17. The fourth-order valence-corrected chi connectivity index (χ4v) is 3.48. The topological polar surface area (TPSA) is 62.2 Å². The van der Waals surface area contributed by atoms with Crippen LogP contribution in [0.25, 0.3) is 0 Å². The number of anilines is 2. The summed E-state index contributed by atoms with van der Waals surface area (Å²) >= 11 is 0. The summed E-state index contributed by atoms with van der Waals surface area (Å²) in [7, 11) is 1.95. The lowest BCUT2D eigenvalue weighted by atomic mass is 10.0. The van der Waals surface area contributed by atoms with Crippen LogP contribution < -0.4 is 9.80 Å². The van der Waals surface area contributed by atoms with Crippen molar-refractivity contribution in [1.29, 1.82) is 0 Å². The zero-order valence-corrected chi connectivity index (χ0v) is 16.0. The van der Waals surface area contributed by atoms with Crippen LogP contribution in [0, 0.1) is 0 Å². The SMILES string of the molecule is CN(CCc1ccncc1)c1nccc(C(=O)N2CCCc3ccccc32)n1. The number of nitrogens with zero attached hydrogens (tertiary/aromatic N) is 5. The Labute approximate surface area is 164 Å². The highest BCUT2D eigenvalue weighted by Crippen LogP contribution is 2.27. The zero-order valence-electron chi connectivity index (χ0n) is 16.0. The lowest BCUT2D eigenvalue weighted by Gasteiger charge is -2.29. The number of carbonyl (C=O) groups excluding carboxylic acids is 1. The number of hydrogen-bond donors (Lipinski definition) is 0. The molecule has 0 unspecified atom stereocenters. The molecule has 3 heterocycles. The molecule has 0 N–H and O–H groups in total. The third-order valence-electron chi connectivity index (χ3n) is 5.04. The first-order valence-electron chi connectivity index (χ1n) is 9.55. The van der Waals surface area contributed by atoms with Gasteiger partial charge in [-0.3, -0.25) is 9.78 Å². The van der Waals surface area contributed by atoms with Crippen LogP contribution in [0.4, 0.5) is 11.6 Å². The van der Waals surface area contributed by atoms with Gasteiger partial charge >= 0.3 is 0 Å². The largest absolute Gasteiger partial charge is 0.344 e. The number of carbonyl (C=O) groups is 1. The molecular formula is C22H23N5O. The summed E-state index contributed by atoms with van der Waals surface area (Å²) in [5, 5.41) is 0. The van der Waals surface area contributed by atoms with Gasteiger partial charge in [0, 0.05) is 44.4 Å². The van der Waals surface area contributed by atoms with Gasteiger partial charge in [-0.15, -0.1) is 0 Å². The number of amides is 1. The zero-order chi connectivity index (χ0) is 19.3. The molecule has 4 rings (SSSR count). The number of hydrogen-bond acceptors (Lipinski definition) is 5. The van der Waals surface area contributed by atoms with Crippen LogP contribution in [0.2, 0.25) is 0 Å². The second-order valence-corrected chi connectivity index (χ2v) is 6.96. The van der Waals surface area contributed by atoms with Crippen LogP contribution >= 0.6 is 0 Å². The summed E-state index contributed by atoms with van der Waals surface area (Å²) in [6.07, 6.45) is 8.08. The fourth-order valence-electron chi connectivity index (χ4n) is 3.48. The summed E-state index contributed by atoms with van der Waals surface area (Å²) in [4.78, 5) is 29.9. The number of pyridine rings is 1. The van der Waals surface area contributed by atoms with Crippen molar-refractivity contribution in [2.24, 2.45) is 0 Å². The molecule has 0 saturated carbocycles. The van der Waals surface area contributed by atoms with Crippen molar-refractivity contribution in [1.82, 2.24) is 15.0 Å². The predicted molar refractivity (Wildman–Crippen MR) is 110 cm³/mol. The van der Waals surface area contributed by atoms with Crippen molar-refractivity contribution in [3.8, 4) is 0 Å². The maximum atomic E-state index is 13.1. The number of likely N-dealkylation sites (N-methyl/N-ethyl adjacent to an activating group) is 1. The molecule has 0 aliphatic carbocycles. The number of para-hydroxylation sites is 1. The summed E-state index contributed by atoms with van der Waals surface area (Å²) in [5.74, 6) is 0.489. The minimum atomic E-state index is -0.0710. The summed E-state index contributed by atoms with van der Waals surface area (Å²) < 4.78 is 0. The van der Waals surface area contributed by atoms with E-state index in [2.05, 4.69) is 21.0 Å². The third-order valence-corrected chi connectivity index (χ3v) is 5.04. The molecule has 0 atom stereocenters. The molecule has 1 aromatic carbocycles. The minimum absolute atomic E-state index is 0.0710. The number of rotatable bonds is 5. The molecule has 1 amide bonds. The molecule has 2 aromatic heterocycles. The van der Waals surface area contributed by atoms with Crippen LogP contribution in [0.15, 0.2) is 61.1 Å². The predicted octanol–water partition coefficient (Wildman–Crippen LogP) is 3.14. The molecule has 0 bridgehead atoms. The van der Waals surface area contributed by atoms with E-state index in [0.29, 0.717) is 18.2 Å². The molecule has 0 fully saturated rings. The number of aryl methyl sites for hydroxylation is 1. The summed E-state index contributed by atoms with van der Waals surface area (Å²) in [5.41, 5.74) is 3.84. The third kappa shape index (κ3) is 3.86. The normalized spacial score (nSPS) is 13.1. The van der Waals surface area contributed by atoms with E-state index in [4.69, 9.17) is 0 Å². The van der Waals surface area contributed by atoms with Crippen LogP contribution in [0.1, 0.15) is 28.0 Å². The van der Waals surface area contributed by atoms with Gasteiger partial charge < -0.3 is 9.80 Å². The van der Waals surface area contributed by atoms with Crippen molar-refractivity contribution in [2.45, 2.75) is 19.3 Å². The Kier molecular flexibility index (Phi) is 5.28. The summed E-state index contributed by atoms with van der Waals surface area (Å²) in [6.45, 7) is 1.47. The molecule has 28 heavy (non-hydrogen) atoms. The van der Waals surface area contributed by atoms with Crippen LogP contribution in [0.3, 0.4) is 0 Å². The molecule has 142 valence electrons. The fraction of sp³-hybridized carbons (Fsp3) is 0.273. The van der Waals surface area contributed by atoms with Gasteiger partial charge in [0.1, 0.15) is 5.69 Å². The number of aromatic nitrogens is 3. The van der Waals surface area contributed by atoms with Crippen molar-refractivity contribution >= 4 is 17.5 Å². The van der Waals surface area contributed by atoms with E-state index >= 15 is 0 Å². The second-order valence-electron chi connectivity index (χ2n) is 6.96. The molecule has 6 heteroatoms. The van der Waals surface area contributed by atoms with Gasteiger partial charge in [0.15, 0.2) is 0 Å². The molecule has 0 radical (unpaired) electrons. The molecule has 0 saturated heterocycles. The van der Waals surface area contributed by atoms with Gasteiger partial charge in [0.25, 0.3) is 5.91 Å². The van der Waals surface area contributed by atoms with E-state index in [9.17, 15) is 4.79 Å². The highest BCUT2D eigenvalue weighted by Gasteiger charge is 2.24. The number of benzene rings is 1. The first-order chi connectivity index (χ1) is 13.7. The van der Waals surface area contributed by atoms with Crippen LogP contribution in [0.5, 0.6) is 0 Å². The lowest BCUT2D eigenvalue weighted by molar-refractivity contribution is 0.0980. The van der Waals surface area contributed by atoms with Crippen molar-refractivity contribution in [3.05, 3.63) is 77.9 Å². The van der Waals surface area contributed by atoms with Crippen molar-refractivity contribution in [2.75, 3.05) is 29.9 Å². The van der Waals surface area contributed by atoms with Crippen LogP contribution in [-0.4, -0.2) is 41.0 Å². The maximum Gasteiger partial charge on any atom is 0.277 e. The molecule has 0 spiro atoms. The average molecular weight is 373 g/mol. The standard InChI is InChI=1S/C22H23N5O/c1-26(16-11-17-8-12-23-13-9-17)22-24-14-10-19(25-22)21(28)27-15-4-6-18-5-2-3-7-20(18)27/h2-3,5,7-10,12-14H,4,6,11,15-16H2,1H3. The molecule has 1 aliphatic rings. The smallest absolute Gasteiger partial charge is 0.277 e.